The second-order valence-electron chi connectivity index (χ2n) is 6.72. The zero-order valence-corrected chi connectivity index (χ0v) is 19.4. The highest BCUT2D eigenvalue weighted by atomic mass is 79.9. The zero-order chi connectivity index (χ0) is 22.3. The molecule has 0 unspecified atom stereocenters. The van der Waals surface area contributed by atoms with Gasteiger partial charge in [-0.25, -0.2) is 0 Å². The predicted molar refractivity (Wildman–Crippen MR) is 120 cm³/mol. The molecule has 0 saturated heterocycles. The molecule has 3 aromatic carbocycles. The zero-order valence-electron chi connectivity index (χ0n) is 17.0. The van der Waals surface area contributed by atoms with E-state index in [-0.39, 0.29) is 20.0 Å². The molecule has 3 aromatic rings. The number of hydrogen-bond donors (Lipinski definition) is 2. The standard InChI is InChI=1S/C22H20BrClO7/c1-27-17-6-12(19(23)22(29-3)21(17)28-2)18-10-4-15-16(31-9-30-15)5-11(10)20(24)14(8-26)13(18)7-25/h4-6,25-26H,7-9H2,1-3H3. The molecule has 1 aliphatic rings. The van der Waals surface area contributed by atoms with Crippen LogP contribution in [0.3, 0.4) is 0 Å². The van der Waals surface area contributed by atoms with E-state index in [1.165, 1.54) is 21.3 Å². The molecule has 0 fully saturated rings. The second kappa shape index (κ2) is 8.63. The molecule has 0 atom stereocenters. The van der Waals surface area contributed by atoms with Crippen LogP contribution in [0, 0.1) is 0 Å². The van der Waals surface area contributed by atoms with Crippen molar-refractivity contribution in [3.63, 3.8) is 0 Å². The van der Waals surface area contributed by atoms with Crippen molar-refractivity contribution in [1.82, 2.24) is 0 Å². The molecule has 1 heterocycles. The van der Waals surface area contributed by atoms with Crippen molar-refractivity contribution in [2.24, 2.45) is 0 Å². The van der Waals surface area contributed by atoms with Crippen LogP contribution in [-0.2, 0) is 13.2 Å². The van der Waals surface area contributed by atoms with E-state index in [0.717, 1.165) is 0 Å². The van der Waals surface area contributed by atoms with Crippen molar-refractivity contribution >= 4 is 38.3 Å². The van der Waals surface area contributed by atoms with Gasteiger partial charge >= 0.3 is 0 Å². The van der Waals surface area contributed by atoms with Gasteiger partial charge in [0.05, 0.1) is 44.0 Å². The molecule has 0 bridgehead atoms. The minimum atomic E-state index is -0.353. The first-order chi connectivity index (χ1) is 15.0. The Morgan fingerprint density at radius 1 is 0.903 bits per heavy atom. The van der Waals surface area contributed by atoms with Crippen molar-refractivity contribution in [1.29, 1.82) is 0 Å². The Morgan fingerprint density at radius 2 is 1.52 bits per heavy atom. The summed E-state index contributed by atoms with van der Waals surface area (Å²) in [5, 5.41) is 22.1. The third-order valence-corrected chi connectivity index (χ3v) is 6.52. The highest BCUT2D eigenvalue weighted by Crippen LogP contribution is 2.52. The third-order valence-electron chi connectivity index (χ3n) is 5.30. The minimum absolute atomic E-state index is 0.103. The lowest BCUT2D eigenvalue weighted by molar-refractivity contribution is 0.174. The van der Waals surface area contributed by atoms with Crippen molar-refractivity contribution in [2.75, 3.05) is 28.1 Å². The van der Waals surface area contributed by atoms with Gasteiger partial charge in [-0.05, 0) is 50.6 Å². The minimum Gasteiger partial charge on any atom is -0.493 e. The Kier molecular flexibility index (Phi) is 6.07. The van der Waals surface area contributed by atoms with Crippen molar-refractivity contribution < 1.29 is 33.9 Å². The summed E-state index contributed by atoms with van der Waals surface area (Å²) in [4.78, 5) is 0. The van der Waals surface area contributed by atoms with E-state index in [2.05, 4.69) is 15.9 Å². The number of rotatable bonds is 6. The fourth-order valence-corrected chi connectivity index (χ4v) is 4.87. The normalized spacial score (nSPS) is 12.4. The molecule has 7 nitrogen and oxygen atoms in total. The summed E-state index contributed by atoms with van der Waals surface area (Å²) in [6.07, 6.45) is 0. The van der Waals surface area contributed by atoms with Crippen molar-refractivity contribution in [3.05, 3.63) is 38.8 Å². The molecule has 9 heteroatoms. The molecular formula is C22H20BrClO7. The van der Waals surface area contributed by atoms with Gasteiger partial charge in [-0.3, -0.25) is 0 Å². The highest BCUT2D eigenvalue weighted by Gasteiger charge is 2.27. The molecule has 31 heavy (non-hydrogen) atoms. The van der Waals surface area contributed by atoms with Crippen LogP contribution in [0.15, 0.2) is 22.7 Å². The van der Waals surface area contributed by atoms with Crippen LogP contribution in [0.4, 0.5) is 0 Å². The summed E-state index contributed by atoms with van der Waals surface area (Å²) in [5.41, 5.74) is 2.21. The first-order valence-electron chi connectivity index (χ1n) is 9.27. The number of aliphatic hydroxyl groups excluding tert-OH is 2. The smallest absolute Gasteiger partial charge is 0.231 e. The van der Waals surface area contributed by atoms with E-state index in [9.17, 15) is 10.2 Å². The third kappa shape index (κ3) is 3.34. The first kappa shape index (κ1) is 21.8. The van der Waals surface area contributed by atoms with Gasteiger partial charge in [0.15, 0.2) is 23.0 Å². The Morgan fingerprint density at radius 3 is 2.06 bits per heavy atom. The lowest BCUT2D eigenvalue weighted by atomic mass is 9.89. The fourth-order valence-electron chi connectivity index (χ4n) is 3.89. The fraction of sp³-hybridized carbons (Fsp3) is 0.273. The van der Waals surface area contributed by atoms with E-state index < -0.39 is 0 Å². The van der Waals surface area contributed by atoms with Crippen LogP contribution in [0.25, 0.3) is 21.9 Å². The number of methoxy groups -OCH3 is 3. The average Bonchev–Trinajstić information content (AvgIpc) is 3.25. The number of halogens is 2. The van der Waals surface area contributed by atoms with Crippen LogP contribution in [0.1, 0.15) is 11.1 Å². The maximum atomic E-state index is 10.3. The molecule has 0 saturated carbocycles. The summed E-state index contributed by atoms with van der Waals surface area (Å²) in [6.45, 7) is -0.598. The van der Waals surface area contributed by atoms with E-state index in [0.29, 0.717) is 71.3 Å². The number of aliphatic hydroxyl groups is 2. The summed E-state index contributed by atoms with van der Waals surface area (Å²) in [5.74, 6) is 2.41. The molecule has 0 aliphatic carbocycles. The maximum Gasteiger partial charge on any atom is 0.231 e. The molecule has 0 aromatic heterocycles. The summed E-state index contributed by atoms with van der Waals surface area (Å²) in [6, 6.07) is 5.36. The lowest BCUT2D eigenvalue weighted by Crippen LogP contribution is -2.03. The lowest BCUT2D eigenvalue weighted by Gasteiger charge is -2.22. The van der Waals surface area contributed by atoms with Gasteiger partial charge in [-0.1, -0.05) is 11.6 Å². The summed E-state index contributed by atoms with van der Waals surface area (Å²) >= 11 is 10.3. The molecule has 0 spiro atoms. The van der Waals surface area contributed by atoms with Crippen molar-refractivity contribution in [2.45, 2.75) is 13.2 Å². The summed E-state index contributed by atoms with van der Waals surface area (Å²) < 4.78 is 28.2. The van der Waals surface area contributed by atoms with Crippen LogP contribution in [-0.4, -0.2) is 38.3 Å². The highest BCUT2D eigenvalue weighted by molar-refractivity contribution is 9.10. The van der Waals surface area contributed by atoms with E-state index in [1.54, 1.807) is 12.1 Å². The topological polar surface area (TPSA) is 86.6 Å². The van der Waals surface area contributed by atoms with Gasteiger partial charge in [0, 0.05) is 16.5 Å². The van der Waals surface area contributed by atoms with Crippen LogP contribution >= 0.6 is 27.5 Å². The molecule has 1 aliphatic heterocycles. The molecular weight excluding hydrogens is 492 g/mol. The Balaban J connectivity index is 2.19. The number of benzene rings is 3. The molecule has 164 valence electrons. The average molecular weight is 512 g/mol. The van der Waals surface area contributed by atoms with Crippen LogP contribution < -0.4 is 23.7 Å². The van der Waals surface area contributed by atoms with Gasteiger partial charge in [0.2, 0.25) is 12.5 Å². The quantitative estimate of drug-likeness (QED) is 0.498. The molecule has 4 rings (SSSR count). The van der Waals surface area contributed by atoms with Gasteiger partial charge in [-0.2, -0.15) is 0 Å². The second-order valence-corrected chi connectivity index (χ2v) is 7.89. The van der Waals surface area contributed by atoms with Gasteiger partial charge < -0.3 is 33.9 Å². The van der Waals surface area contributed by atoms with Crippen molar-refractivity contribution in [3.8, 4) is 39.9 Å². The number of ether oxygens (including phenoxy) is 5. The van der Waals surface area contributed by atoms with E-state index in [4.69, 9.17) is 35.3 Å². The first-order valence-corrected chi connectivity index (χ1v) is 10.4. The van der Waals surface area contributed by atoms with E-state index >= 15 is 0 Å². The summed E-state index contributed by atoms with van der Waals surface area (Å²) in [7, 11) is 4.57. The largest absolute Gasteiger partial charge is 0.493 e. The Hall–Kier alpha value is -2.39. The monoisotopic (exact) mass is 510 g/mol. The molecule has 0 radical (unpaired) electrons. The van der Waals surface area contributed by atoms with Gasteiger partial charge in [0.25, 0.3) is 0 Å². The molecule has 2 N–H and O–H groups in total. The van der Waals surface area contributed by atoms with Gasteiger partial charge in [-0.15, -0.1) is 0 Å². The van der Waals surface area contributed by atoms with Gasteiger partial charge in [0.1, 0.15) is 0 Å². The predicted octanol–water partition coefficient (Wildman–Crippen LogP) is 4.66. The number of hydrogen-bond acceptors (Lipinski definition) is 7. The van der Waals surface area contributed by atoms with E-state index in [1.807, 2.05) is 6.07 Å². The molecule has 0 amide bonds. The Bertz CT molecular complexity index is 1180. The Labute approximate surface area is 192 Å². The van der Waals surface area contributed by atoms with Crippen LogP contribution in [0.2, 0.25) is 5.02 Å². The maximum absolute atomic E-state index is 10.3. The number of fused-ring (bicyclic) bond motifs is 2. The SMILES string of the molecule is COc1cc(-c2c(CO)c(CO)c(Cl)c3cc4c(cc23)OCO4)c(Br)c(OC)c1OC. The van der Waals surface area contributed by atoms with Crippen LogP contribution in [0.5, 0.6) is 28.7 Å².